The number of anilines is 1. The van der Waals surface area contributed by atoms with Crippen LogP contribution in [0.15, 0.2) is 18.2 Å². The first-order chi connectivity index (χ1) is 7.22. The highest BCUT2D eigenvalue weighted by Crippen LogP contribution is 2.35. The number of nitrogens with two attached hydrogens (primary N) is 1. The van der Waals surface area contributed by atoms with Crippen molar-refractivity contribution in [3.8, 4) is 5.75 Å². The molecule has 1 aromatic carbocycles. The van der Waals surface area contributed by atoms with Crippen LogP contribution in [0.3, 0.4) is 0 Å². The van der Waals surface area contributed by atoms with Crippen molar-refractivity contribution in [3.05, 3.63) is 23.8 Å². The number of ether oxygens (including phenoxy) is 1. The van der Waals surface area contributed by atoms with Crippen LogP contribution in [0.2, 0.25) is 0 Å². The van der Waals surface area contributed by atoms with Crippen LogP contribution in [0, 0.1) is 0 Å². The molecule has 82 valence electrons. The van der Waals surface area contributed by atoms with Gasteiger partial charge in [0, 0.05) is 12.1 Å². The van der Waals surface area contributed by atoms with Crippen molar-refractivity contribution in [2.24, 2.45) is 5.73 Å². The maximum atomic E-state index is 5.90. The molecular weight excluding hydrogens is 188 g/mol. The molecule has 2 rings (SSSR count). The van der Waals surface area contributed by atoms with E-state index in [4.69, 9.17) is 10.5 Å². The molecule has 1 aromatic rings. The van der Waals surface area contributed by atoms with E-state index in [1.807, 2.05) is 26.0 Å². The summed E-state index contributed by atoms with van der Waals surface area (Å²) in [5, 5.41) is 3.44. The van der Waals surface area contributed by atoms with Crippen LogP contribution < -0.4 is 15.8 Å². The van der Waals surface area contributed by atoms with Gasteiger partial charge in [-0.25, -0.2) is 0 Å². The predicted octanol–water partition coefficient (Wildman–Crippen LogP) is 1.77. The first-order valence-electron chi connectivity index (χ1n) is 5.49. The summed E-state index contributed by atoms with van der Waals surface area (Å²) >= 11 is 0. The molecule has 0 radical (unpaired) electrons. The molecular formula is C12H18N2O. The molecule has 3 nitrogen and oxygen atoms in total. The van der Waals surface area contributed by atoms with Crippen molar-refractivity contribution in [3.63, 3.8) is 0 Å². The molecule has 1 heterocycles. The first-order valence-corrected chi connectivity index (χ1v) is 5.49. The van der Waals surface area contributed by atoms with E-state index < -0.39 is 0 Å². The van der Waals surface area contributed by atoms with Crippen molar-refractivity contribution in [2.75, 3.05) is 11.9 Å². The van der Waals surface area contributed by atoms with E-state index in [1.165, 1.54) is 5.56 Å². The van der Waals surface area contributed by atoms with Gasteiger partial charge in [-0.05, 0) is 31.9 Å². The van der Waals surface area contributed by atoms with Crippen LogP contribution in [0.4, 0.5) is 5.69 Å². The normalized spacial score (nSPS) is 20.6. The lowest BCUT2D eigenvalue weighted by Crippen LogP contribution is -2.36. The molecule has 0 spiro atoms. The highest BCUT2D eigenvalue weighted by molar-refractivity contribution is 5.66. The van der Waals surface area contributed by atoms with Crippen molar-refractivity contribution >= 4 is 5.69 Å². The molecule has 3 N–H and O–H groups in total. The smallest absolute Gasteiger partial charge is 0.142 e. The second-order valence-corrected chi connectivity index (χ2v) is 4.04. The SMILES string of the molecule is CCOc1cccc2c1NC(C(C)N)C2. The summed E-state index contributed by atoms with van der Waals surface area (Å²) in [7, 11) is 0. The van der Waals surface area contributed by atoms with Crippen molar-refractivity contribution in [1.82, 2.24) is 0 Å². The van der Waals surface area contributed by atoms with E-state index in [0.29, 0.717) is 12.6 Å². The molecule has 0 saturated carbocycles. The molecule has 15 heavy (non-hydrogen) atoms. The van der Waals surface area contributed by atoms with Gasteiger partial charge in [-0.15, -0.1) is 0 Å². The fraction of sp³-hybridized carbons (Fsp3) is 0.500. The second-order valence-electron chi connectivity index (χ2n) is 4.04. The summed E-state index contributed by atoms with van der Waals surface area (Å²) in [6.45, 7) is 4.72. The highest BCUT2D eigenvalue weighted by atomic mass is 16.5. The monoisotopic (exact) mass is 206 g/mol. The van der Waals surface area contributed by atoms with Gasteiger partial charge in [0.2, 0.25) is 0 Å². The minimum Gasteiger partial charge on any atom is -0.492 e. The third-order valence-electron chi connectivity index (χ3n) is 2.82. The Hall–Kier alpha value is -1.22. The molecule has 0 amide bonds. The van der Waals surface area contributed by atoms with Crippen molar-refractivity contribution in [2.45, 2.75) is 32.4 Å². The van der Waals surface area contributed by atoms with Gasteiger partial charge in [-0.3, -0.25) is 0 Å². The summed E-state index contributed by atoms with van der Waals surface area (Å²) in [5.41, 5.74) is 8.33. The van der Waals surface area contributed by atoms with Crippen molar-refractivity contribution in [1.29, 1.82) is 0 Å². The summed E-state index contributed by atoms with van der Waals surface area (Å²) in [4.78, 5) is 0. The molecule has 0 fully saturated rings. The minimum atomic E-state index is 0.159. The number of benzene rings is 1. The van der Waals surface area contributed by atoms with E-state index in [1.54, 1.807) is 0 Å². The summed E-state index contributed by atoms with van der Waals surface area (Å²) in [6.07, 6.45) is 0.994. The number of rotatable bonds is 3. The average Bonchev–Trinajstić information content (AvgIpc) is 2.63. The second kappa shape index (κ2) is 4.11. The van der Waals surface area contributed by atoms with Crippen LogP contribution in [-0.2, 0) is 6.42 Å². The Morgan fingerprint density at radius 1 is 1.60 bits per heavy atom. The Balaban J connectivity index is 2.25. The quantitative estimate of drug-likeness (QED) is 0.792. The van der Waals surface area contributed by atoms with E-state index in [-0.39, 0.29) is 6.04 Å². The van der Waals surface area contributed by atoms with Crippen LogP contribution in [0.5, 0.6) is 5.75 Å². The zero-order valence-corrected chi connectivity index (χ0v) is 9.29. The largest absolute Gasteiger partial charge is 0.492 e. The summed E-state index contributed by atoms with van der Waals surface area (Å²) in [5.74, 6) is 0.943. The van der Waals surface area contributed by atoms with Gasteiger partial charge in [0.25, 0.3) is 0 Å². The number of nitrogens with one attached hydrogen (secondary N) is 1. The maximum absolute atomic E-state index is 5.90. The molecule has 3 heteroatoms. The topological polar surface area (TPSA) is 47.3 Å². The van der Waals surface area contributed by atoms with Crippen LogP contribution >= 0.6 is 0 Å². The number of fused-ring (bicyclic) bond motifs is 1. The zero-order valence-electron chi connectivity index (χ0n) is 9.29. The van der Waals surface area contributed by atoms with Crippen LogP contribution in [0.1, 0.15) is 19.4 Å². The average molecular weight is 206 g/mol. The maximum Gasteiger partial charge on any atom is 0.142 e. The van der Waals surface area contributed by atoms with Gasteiger partial charge in [0.15, 0.2) is 0 Å². The lowest BCUT2D eigenvalue weighted by Gasteiger charge is -2.16. The van der Waals surface area contributed by atoms with Crippen LogP contribution in [0.25, 0.3) is 0 Å². The Bertz CT molecular complexity index is 349. The molecule has 0 bridgehead atoms. The van der Waals surface area contributed by atoms with E-state index >= 15 is 0 Å². The molecule has 0 aliphatic carbocycles. The lowest BCUT2D eigenvalue weighted by molar-refractivity contribution is 0.342. The molecule has 0 saturated heterocycles. The highest BCUT2D eigenvalue weighted by Gasteiger charge is 2.25. The van der Waals surface area contributed by atoms with E-state index in [2.05, 4.69) is 11.4 Å². The third kappa shape index (κ3) is 1.92. The van der Waals surface area contributed by atoms with Gasteiger partial charge in [-0.1, -0.05) is 12.1 Å². The standard InChI is InChI=1S/C12H18N2O/c1-3-15-11-6-4-5-9-7-10(8(2)13)14-12(9)11/h4-6,8,10,14H,3,7,13H2,1-2H3. The van der Waals surface area contributed by atoms with Gasteiger partial charge >= 0.3 is 0 Å². The van der Waals surface area contributed by atoms with Crippen molar-refractivity contribution < 1.29 is 4.74 Å². The fourth-order valence-electron chi connectivity index (χ4n) is 1.98. The summed E-state index contributed by atoms with van der Waals surface area (Å²) < 4.78 is 5.57. The predicted molar refractivity (Wildman–Crippen MR) is 62.4 cm³/mol. The Kier molecular flexibility index (Phi) is 2.82. The number of hydrogen-bond acceptors (Lipinski definition) is 3. The van der Waals surface area contributed by atoms with Gasteiger partial charge in [-0.2, -0.15) is 0 Å². The minimum absolute atomic E-state index is 0.159. The van der Waals surface area contributed by atoms with Gasteiger partial charge in [0.05, 0.1) is 12.3 Å². The Morgan fingerprint density at radius 2 is 2.40 bits per heavy atom. The van der Waals surface area contributed by atoms with Gasteiger partial charge in [0.1, 0.15) is 5.75 Å². The zero-order chi connectivity index (χ0) is 10.8. The fourth-order valence-corrected chi connectivity index (χ4v) is 1.98. The van der Waals surface area contributed by atoms with E-state index in [0.717, 1.165) is 17.9 Å². The molecule has 0 aromatic heterocycles. The van der Waals surface area contributed by atoms with Gasteiger partial charge < -0.3 is 15.8 Å². The molecule has 2 unspecified atom stereocenters. The Labute approximate surface area is 90.6 Å². The number of hydrogen-bond donors (Lipinski definition) is 2. The molecule has 2 atom stereocenters. The molecule has 1 aliphatic rings. The van der Waals surface area contributed by atoms with E-state index in [9.17, 15) is 0 Å². The molecule has 1 aliphatic heterocycles. The first kappa shape index (κ1) is 10.3. The third-order valence-corrected chi connectivity index (χ3v) is 2.82. The Morgan fingerprint density at radius 3 is 3.07 bits per heavy atom. The lowest BCUT2D eigenvalue weighted by atomic mass is 10.1. The summed E-state index contributed by atoms with van der Waals surface area (Å²) in [6, 6.07) is 6.66. The van der Waals surface area contributed by atoms with Crippen LogP contribution in [-0.4, -0.2) is 18.7 Å². The number of para-hydroxylation sites is 1.